The summed E-state index contributed by atoms with van der Waals surface area (Å²) in [5, 5.41) is 2.32. The number of furan rings is 1. The molecule has 5 aliphatic rings. The van der Waals surface area contributed by atoms with Gasteiger partial charge in [-0.25, -0.2) is 0 Å². The van der Waals surface area contributed by atoms with Crippen LogP contribution < -0.4 is 26.2 Å². The number of fused-ring (bicyclic) bond motifs is 10. The molecule has 0 saturated carbocycles. The first-order valence-electron chi connectivity index (χ1n) is 25.9. The minimum Gasteiger partial charge on any atom is -0.456 e. The standard InChI is InChI=1S/C64H73BN2O/c1-37-27-42-47(64(15,16)36-63(42,13)14)33-50(37)67-52-35-46-44(60(7,8)24-26-62(46,11)12)32-49(52)65-48-31-43-45(61(9,10)25-23-59(43,5)6)34-51(48)66(53-28-38(58(2,3)4)29-54(67)57(53)65)39-21-22-41-40-19-17-18-20-55(40)68-56(41)30-39/h17-22,27-35H,23-26,36H2,1-16H3. The molecule has 7 aromatic rings. The van der Waals surface area contributed by atoms with Crippen LogP contribution in [0.5, 0.6) is 0 Å². The van der Waals surface area contributed by atoms with Crippen LogP contribution >= 0.6 is 0 Å². The second kappa shape index (κ2) is 13.6. The molecule has 4 heteroatoms. The first-order valence-corrected chi connectivity index (χ1v) is 25.9. The maximum atomic E-state index is 6.72. The van der Waals surface area contributed by atoms with Crippen LogP contribution in [0, 0.1) is 6.92 Å². The van der Waals surface area contributed by atoms with E-state index < -0.39 is 0 Å². The zero-order valence-electron chi connectivity index (χ0n) is 44.1. The number of rotatable bonds is 2. The molecule has 0 radical (unpaired) electrons. The van der Waals surface area contributed by atoms with Crippen molar-refractivity contribution >= 4 is 79.2 Å². The van der Waals surface area contributed by atoms with Crippen molar-refractivity contribution in [3.8, 4) is 0 Å². The number of aryl methyl sites for hydroxylation is 1. The van der Waals surface area contributed by atoms with E-state index in [2.05, 4.69) is 212 Å². The molecular formula is C64H73BN2O. The molecule has 12 rings (SSSR count). The Labute approximate surface area is 407 Å². The summed E-state index contributed by atoms with van der Waals surface area (Å²) in [7, 11) is 0. The predicted octanol–water partition coefficient (Wildman–Crippen LogP) is 15.9. The monoisotopic (exact) mass is 897 g/mol. The second-order valence-corrected chi connectivity index (χ2v) is 27.1. The topological polar surface area (TPSA) is 19.6 Å². The molecule has 348 valence electrons. The Balaban J connectivity index is 1.25. The number of para-hydroxylation sites is 1. The smallest absolute Gasteiger partial charge is 0.252 e. The summed E-state index contributed by atoms with van der Waals surface area (Å²) < 4.78 is 6.72. The SMILES string of the molecule is Cc1cc2c(cc1N1c3cc4c(cc3B3c5cc6c(cc5N(c5ccc7c(c5)oc5ccccc57)c5cc(C(C)(C)C)cc1c53)C(C)(C)CCC6(C)C)C(C)(C)CCC4(C)C)C(C)(C)CC2(C)C. The lowest BCUT2D eigenvalue weighted by Crippen LogP contribution is -2.62. The Morgan fingerprint density at radius 1 is 0.456 bits per heavy atom. The van der Waals surface area contributed by atoms with E-state index in [1.807, 2.05) is 0 Å². The average molecular weight is 897 g/mol. The van der Waals surface area contributed by atoms with Gasteiger partial charge < -0.3 is 14.2 Å². The summed E-state index contributed by atoms with van der Waals surface area (Å²) in [6, 6.07) is 36.6. The zero-order valence-corrected chi connectivity index (χ0v) is 44.1. The highest BCUT2D eigenvalue weighted by Gasteiger charge is 2.50. The number of anilines is 6. The van der Waals surface area contributed by atoms with E-state index in [1.54, 1.807) is 0 Å². The molecule has 0 unspecified atom stereocenters. The second-order valence-electron chi connectivity index (χ2n) is 27.1. The van der Waals surface area contributed by atoms with Crippen molar-refractivity contribution in [3.05, 3.63) is 136 Å². The number of hydrogen-bond acceptors (Lipinski definition) is 3. The molecule has 0 fully saturated rings. The summed E-state index contributed by atoms with van der Waals surface area (Å²) in [6.45, 7) is 39.4. The number of benzene rings is 6. The minimum absolute atomic E-state index is 0.0313. The molecule has 1 aromatic heterocycles. The summed E-state index contributed by atoms with van der Waals surface area (Å²) in [4.78, 5) is 5.41. The average Bonchev–Trinajstić information content (AvgIpc) is 3.71. The van der Waals surface area contributed by atoms with Gasteiger partial charge in [-0.2, -0.15) is 0 Å². The van der Waals surface area contributed by atoms with Gasteiger partial charge in [0.25, 0.3) is 6.71 Å². The number of nitrogens with zero attached hydrogens (tertiary/aromatic N) is 2. The van der Waals surface area contributed by atoms with Crippen molar-refractivity contribution in [2.45, 2.75) is 181 Å². The first-order chi connectivity index (χ1) is 31.7. The summed E-state index contributed by atoms with van der Waals surface area (Å²) in [5.74, 6) is 0. The highest BCUT2D eigenvalue weighted by atomic mass is 16.3. The molecular weight excluding hydrogens is 824 g/mol. The van der Waals surface area contributed by atoms with Crippen molar-refractivity contribution in [2.24, 2.45) is 0 Å². The third-order valence-electron chi connectivity index (χ3n) is 18.4. The highest BCUT2D eigenvalue weighted by molar-refractivity contribution is 7.00. The molecule has 6 aromatic carbocycles. The van der Waals surface area contributed by atoms with E-state index in [9.17, 15) is 0 Å². The largest absolute Gasteiger partial charge is 0.456 e. The van der Waals surface area contributed by atoms with E-state index in [0.29, 0.717) is 0 Å². The van der Waals surface area contributed by atoms with Crippen LogP contribution in [0.3, 0.4) is 0 Å². The van der Waals surface area contributed by atoms with Crippen molar-refractivity contribution in [3.63, 3.8) is 0 Å². The summed E-state index contributed by atoms with van der Waals surface area (Å²) in [5.41, 5.74) is 25.8. The summed E-state index contributed by atoms with van der Waals surface area (Å²) in [6.07, 6.45) is 5.83. The molecule has 2 aliphatic heterocycles. The molecule has 3 nitrogen and oxygen atoms in total. The lowest BCUT2D eigenvalue weighted by atomic mass is 9.32. The van der Waals surface area contributed by atoms with Gasteiger partial charge in [-0.1, -0.05) is 140 Å². The molecule has 3 heterocycles. The molecule has 0 saturated heterocycles. The molecule has 0 spiro atoms. The highest BCUT2D eigenvalue weighted by Crippen LogP contribution is 2.56. The molecule has 0 bridgehead atoms. The molecule has 0 atom stereocenters. The number of hydrogen-bond donors (Lipinski definition) is 0. The third kappa shape index (κ3) is 6.10. The predicted molar refractivity (Wildman–Crippen MR) is 292 cm³/mol. The lowest BCUT2D eigenvalue weighted by Gasteiger charge is -2.49. The van der Waals surface area contributed by atoms with Crippen LogP contribution in [0.1, 0.15) is 180 Å². The van der Waals surface area contributed by atoms with Crippen LogP contribution in [0.15, 0.2) is 95.4 Å². The van der Waals surface area contributed by atoms with Gasteiger partial charge in [-0.3, -0.25) is 0 Å². The lowest BCUT2D eigenvalue weighted by molar-refractivity contribution is 0.332. The van der Waals surface area contributed by atoms with Gasteiger partial charge in [-0.05, 0) is 186 Å². The van der Waals surface area contributed by atoms with E-state index >= 15 is 0 Å². The van der Waals surface area contributed by atoms with Gasteiger partial charge >= 0.3 is 0 Å². The Morgan fingerprint density at radius 2 is 0.912 bits per heavy atom. The Hall–Kier alpha value is -5.22. The van der Waals surface area contributed by atoms with Crippen LogP contribution in [-0.4, -0.2) is 6.71 Å². The molecule has 0 N–H and O–H groups in total. The van der Waals surface area contributed by atoms with Crippen LogP contribution in [-0.2, 0) is 37.9 Å². The zero-order chi connectivity index (χ0) is 48.2. The maximum absolute atomic E-state index is 6.72. The normalized spacial score (nSPS) is 20.7. The van der Waals surface area contributed by atoms with Gasteiger partial charge in [-0.15, -0.1) is 0 Å². The van der Waals surface area contributed by atoms with Crippen LogP contribution in [0.4, 0.5) is 34.1 Å². The fourth-order valence-corrected chi connectivity index (χ4v) is 14.3. The molecule has 0 amide bonds. The van der Waals surface area contributed by atoms with Gasteiger partial charge in [0.15, 0.2) is 0 Å². The van der Waals surface area contributed by atoms with Crippen molar-refractivity contribution < 1.29 is 4.42 Å². The Bertz CT molecular complexity index is 3340. The Morgan fingerprint density at radius 3 is 1.47 bits per heavy atom. The fraction of sp³-hybridized carbons (Fsp3) is 0.438. The van der Waals surface area contributed by atoms with E-state index in [-0.39, 0.29) is 44.6 Å². The molecule has 68 heavy (non-hydrogen) atoms. The first kappa shape index (κ1) is 44.0. The van der Waals surface area contributed by atoms with Crippen LogP contribution in [0.2, 0.25) is 0 Å². The minimum atomic E-state index is -0.121. The fourth-order valence-electron chi connectivity index (χ4n) is 14.3. The van der Waals surface area contributed by atoms with Gasteiger partial charge in [0, 0.05) is 51.0 Å². The van der Waals surface area contributed by atoms with E-state index in [1.165, 1.54) is 109 Å². The van der Waals surface area contributed by atoms with E-state index in [0.717, 1.165) is 40.5 Å². The van der Waals surface area contributed by atoms with Crippen LogP contribution in [0.25, 0.3) is 21.9 Å². The van der Waals surface area contributed by atoms with Crippen molar-refractivity contribution in [2.75, 3.05) is 9.80 Å². The van der Waals surface area contributed by atoms with Gasteiger partial charge in [0.05, 0.1) is 0 Å². The van der Waals surface area contributed by atoms with Crippen molar-refractivity contribution in [1.82, 2.24) is 0 Å². The third-order valence-corrected chi connectivity index (χ3v) is 18.4. The Kier molecular flexibility index (Phi) is 8.77. The maximum Gasteiger partial charge on any atom is 0.252 e. The van der Waals surface area contributed by atoms with Crippen molar-refractivity contribution in [1.29, 1.82) is 0 Å². The van der Waals surface area contributed by atoms with E-state index in [4.69, 9.17) is 4.42 Å². The summed E-state index contributed by atoms with van der Waals surface area (Å²) >= 11 is 0. The van der Waals surface area contributed by atoms with Gasteiger partial charge in [0.2, 0.25) is 0 Å². The quantitative estimate of drug-likeness (QED) is 0.161. The van der Waals surface area contributed by atoms with Gasteiger partial charge in [0.1, 0.15) is 11.2 Å². The molecule has 3 aliphatic carbocycles.